The third-order valence-corrected chi connectivity index (χ3v) is 6.92. The summed E-state index contributed by atoms with van der Waals surface area (Å²) in [5, 5.41) is 13.3. The maximum Gasteiger partial charge on any atom is 0.319 e. The van der Waals surface area contributed by atoms with E-state index in [-0.39, 0.29) is 25.2 Å². The lowest BCUT2D eigenvalue weighted by Crippen LogP contribution is -2.32. The smallest absolute Gasteiger partial charge is 0.319 e. The molecule has 7 heteroatoms. The number of aliphatic hydroxyl groups excluding tert-OH is 1. The summed E-state index contributed by atoms with van der Waals surface area (Å²) < 4.78 is 4.69. The number of aromatic nitrogens is 2. The summed E-state index contributed by atoms with van der Waals surface area (Å²) in [7, 11) is 1.38. The van der Waals surface area contributed by atoms with Crippen molar-refractivity contribution in [3.05, 3.63) is 93.6 Å². The topological polar surface area (TPSA) is 87.6 Å². The van der Waals surface area contributed by atoms with Gasteiger partial charge in [-0.25, -0.2) is 0 Å². The van der Waals surface area contributed by atoms with Crippen LogP contribution in [0.25, 0.3) is 0 Å². The molecule has 1 aliphatic carbocycles. The van der Waals surface area contributed by atoms with Crippen LogP contribution in [0.4, 0.5) is 0 Å². The van der Waals surface area contributed by atoms with Gasteiger partial charge in [-0.1, -0.05) is 30.3 Å². The predicted molar refractivity (Wildman–Crippen MR) is 139 cm³/mol. The van der Waals surface area contributed by atoms with Gasteiger partial charge in [-0.05, 0) is 72.6 Å². The Morgan fingerprint density at radius 2 is 2.03 bits per heavy atom. The first kappa shape index (κ1) is 25.9. The Morgan fingerprint density at radius 1 is 1.17 bits per heavy atom. The molecule has 3 aromatic rings. The number of fused-ring (bicyclic) bond motifs is 1. The van der Waals surface area contributed by atoms with E-state index in [2.05, 4.69) is 53.1 Å². The van der Waals surface area contributed by atoms with Gasteiger partial charge in [0.2, 0.25) is 0 Å². The molecule has 2 heterocycles. The maximum atomic E-state index is 11.4. The fraction of sp³-hybridized carbons (Fsp3) is 0.414. The van der Waals surface area contributed by atoms with Crippen molar-refractivity contribution in [2.75, 3.05) is 13.7 Å². The van der Waals surface area contributed by atoms with Crippen molar-refractivity contribution in [3.8, 4) is 0 Å². The van der Waals surface area contributed by atoms with Crippen LogP contribution in [0.5, 0.6) is 0 Å². The first-order valence-electron chi connectivity index (χ1n) is 12.6. The number of aliphatic hydroxyl groups is 1. The average Bonchev–Trinajstić information content (AvgIpc) is 2.89. The summed E-state index contributed by atoms with van der Waals surface area (Å²) in [6, 6.07) is 12.7. The molecule has 1 aromatic carbocycles. The lowest BCUT2D eigenvalue weighted by atomic mass is 9.90. The standard InChI is InChI=1S/C29H36N4O3/c1-20-12-21(2)26(32-14-20)18-33(27-8-4-6-23-7-5-11-31-29(23)27)17-24-10-9-22(13-25(24)19-34)15-30-16-28(35)36-3/h5,7,9-14,27,30,34H,4,6,8,15-19H2,1-3H3. The molecule has 0 fully saturated rings. The number of benzene rings is 1. The molecule has 0 spiro atoms. The lowest BCUT2D eigenvalue weighted by Gasteiger charge is -2.35. The van der Waals surface area contributed by atoms with Crippen LogP contribution in [-0.4, -0.2) is 39.6 Å². The number of hydrogen-bond donors (Lipinski definition) is 2. The molecule has 2 N–H and O–H groups in total. The molecule has 2 aromatic heterocycles. The summed E-state index contributed by atoms with van der Waals surface area (Å²) in [4.78, 5) is 23.4. The molecule has 0 amide bonds. The number of aryl methyl sites for hydroxylation is 3. The number of ether oxygens (including phenoxy) is 1. The van der Waals surface area contributed by atoms with E-state index in [0.717, 1.165) is 52.9 Å². The van der Waals surface area contributed by atoms with Crippen molar-refractivity contribution in [2.45, 2.75) is 65.4 Å². The van der Waals surface area contributed by atoms with E-state index < -0.39 is 0 Å². The van der Waals surface area contributed by atoms with E-state index in [1.165, 1.54) is 18.2 Å². The number of hydrogen-bond acceptors (Lipinski definition) is 7. The van der Waals surface area contributed by atoms with Crippen LogP contribution in [0, 0.1) is 13.8 Å². The van der Waals surface area contributed by atoms with Gasteiger partial charge in [0.15, 0.2) is 0 Å². The monoisotopic (exact) mass is 488 g/mol. The zero-order valence-electron chi connectivity index (χ0n) is 21.5. The summed E-state index contributed by atoms with van der Waals surface area (Å²) in [5.41, 5.74) is 8.88. The first-order valence-corrected chi connectivity index (χ1v) is 12.6. The fourth-order valence-corrected chi connectivity index (χ4v) is 5.01. The Morgan fingerprint density at radius 3 is 2.81 bits per heavy atom. The van der Waals surface area contributed by atoms with E-state index in [1.54, 1.807) is 0 Å². The Balaban J connectivity index is 1.61. The molecule has 0 radical (unpaired) electrons. The third kappa shape index (κ3) is 6.35. The van der Waals surface area contributed by atoms with Crippen LogP contribution in [0.3, 0.4) is 0 Å². The summed E-state index contributed by atoms with van der Waals surface area (Å²) in [5.74, 6) is -0.300. The number of esters is 1. The Hall–Kier alpha value is -3.13. The number of carbonyl (C=O) groups excluding carboxylic acids is 1. The van der Waals surface area contributed by atoms with Gasteiger partial charge in [0.1, 0.15) is 0 Å². The first-order chi connectivity index (χ1) is 17.5. The molecule has 1 unspecified atom stereocenters. The molecule has 0 saturated carbocycles. The van der Waals surface area contributed by atoms with Crippen LogP contribution in [0.2, 0.25) is 0 Å². The van der Waals surface area contributed by atoms with E-state index in [1.807, 2.05) is 24.5 Å². The van der Waals surface area contributed by atoms with Crippen molar-refractivity contribution >= 4 is 5.97 Å². The maximum absolute atomic E-state index is 11.4. The van der Waals surface area contributed by atoms with Gasteiger partial charge >= 0.3 is 5.97 Å². The summed E-state index contributed by atoms with van der Waals surface area (Å²) in [6.45, 7) is 6.21. The highest BCUT2D eigenvalue weighted by Crippen LogP contribution is 2.35. The summed E-state index contributed by atoms with van der Waals surface area (Å²) in [6.07, 6.45) is 7.05. The molecule has 4 rings (SSSR count). The number of carbonyl (C=O) groups is 1. The second-order valence-electron chi connectivity index (χ2n) is 9.58. The molecular formula is C29H36N4O3. The van der Waals surface area contributed by atoms with Gasteiger partial charge in [-0.15, -0.1) is 0 Å². The third-order valence-electron chi connectivity index (χ3n) is 6.92. The fourth-order valence-electron chi connectivity index (χ4n) is 5.01. The predicted octanol–water partition coefficient (Wildman–Crippen LogP) is 3.93. The van der Waals surface area contributed by atoms with Gasteiger partial charge in [0, 0.05) is 32.0 Å². The van der Waals surface area contributed by atoms with Crippen LogP contribution in [0.15, 0.2) is 48.8 Å². The molecule has 36 heavy (non-hydrogen) atoms. The second-order valence-corrected chi connectivity index (χ2v) is 9.58. The molecule has 0 bridgehead atoms. The van der Waals surface area contributed by atoms with E-state index in [0.29, 0.717) is 19.6 Å². The van der Waals surface area contributed by atoms with Crippen LogP contribution < -0.4 is 5.32 Å². The summed E-state index contributed by atoms with van der Waals surface area (Å²) >= 11 is 0. The normalized spacial score (nSPS) is 15.1. The molecule has 1 aliphatic rings. The van der Waals surface area contributed by atoms with Gasteiger partial charge in [0.05, 0.1) is 37.7 Å². The number of nitrogens with one attached hydrogen (secondary N) is 1. The number of nitrogens with zero attached hydrogens (tertiary/aromatic N) is 3. The van der Waals surface area contributed by atoms with Crippen molar-refractivity contribution in [3.63, 3.8) is 0 Å². The zero-order chi connectivity index (χ0) is 25.5. The highest BCUT2D eigenvalue weighted by atomic mass is 16.5. The average molecular weight is 489 g/mol. The van der Waals surface area contributed by atoms with Gasteiger partial charge in [-0.2, -0.15) is 0 Å². The van der Waals surface area contributed by atoms with Crippen LogP contribution >= 0.6 is 0 Å². The second kappa shape index (κ2) is 12.2. The molecule has 1 atom stereocenters. The molecular weight excluding hydrogens is 452 g/mol. The Kier molecular flexibility index (Phi) is 8.80. The largest absolute Gasteiger partial charge is 0.468 e. The van der Waals surface area contributed by atoms with Crippen LogP contribution in [0.1, 0.15) is 63.7 Å². The van der Waals surface area contributed by atoms with Gasteiger partial charge in [-0.3, -0.25) is 19.7 Å². The van der Waals surface area contributed by atoms with Crippen LogP contribution in [-0.2, 0) is 42.2 Å². The molecule has 0 saturated heterocycles. The van der Waals surface area contributed by atoms with Gasteiger partial charge in [0.25, 0.3) is 0 Å². The minimum atomic E-state index is -0.300. The molecule has 7 nitrogen and oxygen atoms in total. The van der Waals surface area contributed by atoms with Gasteiger partial charge < -0.3 is 15.2 Å². The Bertz CT molecular complexity index is 1200. The number of methoxy groups -OCH3 is 1. The zero-order valence-corrected chi connectivity index (χ0v) is 21.5. The quantitative estimate of drug-likeness (QED) is 0.418. The highest BCUT2D eigenvalue weighted by molar-refractivity contribution is 5.71. The lowest BCUT2D eigenvalue weighted by molar-refractivity contribution is -0.139. The SMILES string of the molecule is COC(=O)CNCc1ccc(CN(Cc2ncc(C)cc2C)C2CCCc3cccnc32)c(CO)c1. The highest BCUT2D eigenvalue weighted by Gasteiger charge is 2.28. The molecule has 0 aliphatic heterocycles. The Labute approximate surface area is 213 Å². The van der Waals surface area contributed by atoms with Crippen molar-refractivity contribution < 1.29 is 14.6 Å². The molecule has 190 valence electrons. The van der Waals surface area contributed by atoms with E-state index in [9.17, 15) is 9.90 Å². The van der Waals surface area contributed by atoms with E-state index in [4.69, 9.17) is 9.97 Å². The van der Waals surface area contributed by atoms with Crippen molar-refractivity contribution in [1.29, 1.82) is 0 Å². The van der Waals surface area contributed by atoms with Crippen molar-refractivity contribution in [1.82, 2.24) is 20.2 Å². The minimum Gasteiger partial charge on any atom is -0.468 e. The minimum absolute atomic E-state index is 0.0463. The van der Waals surface area contributed by atoms with E-state index >= 15 is 0 Å². The number of rotatable bonds is 10. The van der Waals surface area contributed by atoms with Crippen molar-refractivity contribution in [2.24, 2.45) is 0 Å². The number of pyridine rings is 2.